The van der Waals surface area contributed by atoms with Gasteiger partial charge in [0.1, 0.15) is 21.6 Å². The van der Waals surface area contributed by atoms with Gasteiger partial charge in [0.2, 0.25) is 5.91 Å². The Morgan fingerprint density at radius 3 is 2.52 bits per heavy atom. The van der Waals surface area contributed by atoms with Gasteiger partial charge < -0.3 is 0 Å². The molecule has 1 amide bonds. The molecule has 1 unspecified atom stereocenters. The molecule has 1 atom stereocenters. The second kappa shape index (κ2) is 8.42. The van der Waals surface area contributed by atoms with Gasteiger partial charge in [0.05, 0.1) is 0 Å². The van der Waals surface area contributed by atoms with Gasteiger partial charge in [0.25, 0.3) is 10.0 Å². The number of nitrogens with one attached hydrogen (secondary N) is 1. The predicted octanol–water partition coefficient (Wildman–Crippen LogP) is 2.87. The predicted molar refractivity (Wildman–Crippen MR) is 97.7 cm³/mol. The number of carbonyl (C=O) groups is 1. The highest BCUT2D eigenvalue weighted by Crippen LogP contribution is 2.38. The smallest absolute Gasteiger partial charge is 0.274 e. The maximum absolute atomic E-state index is 13.3. The summed E-state index contributed by atoms with van der Waals surface area (Å²) in [6, 6.07) is 3.77. The SMILES string of the molecule is CCC(C)Sc1c(C#N)c(C(F)(F)F)nn1-c1ccc(S(=O)(=O)NC(C)=O)cn1. The van der Waals surface area contributed by atoms with Crippen molar-refractivity contribution in [1.82, 2.24) is 19.5 Å². The summed E-state index contributed by atoms with van der Waals surface area (Å²) < 4.78 is 66.6. The molecule has 0 spiro atoms. The zero-order chi connectivity index (χ0) is 22.0. The number of carbonyl (C=O) groups excluding carboxylic acids is 1. The molecule has 0 radical (unpaired) electrons. The van der Waals surface area contributed by atoms with E-state index in [-0.39, 0.29) is 21.0 Å². The molecule has 2 aromatic heterocycles. The Labute approximate surface area is 169 Å². The second-order valence-corrected chi connectivity index (χ2v) is 9.01. The van der Waals surface area contributed by atoms with Crippen LogP contribution in [0, 0.1) is 11.3 Å². The van der Waals surface area contributed by atoms with E-state index in [4.69, 9.17) is 0 Å². The lowest BCUT2D eigenvalue weighted by atomic mass is 10.2. The fourth-order valence-electron chi connectivity index (χ4n) is 2.14. The van der Waals surface area contributed by atoms with Crippen LogP contribution in [0.15, 0.2) is 28.3 Å². The maximum atomic E-state index is 13.3. The van der Waals surface area contributed by atoms with Gasteiger partial charge in [-0.3, -0.25) is 4.79 Å². The number of halogens is 3. The van der Waals surface area contributed by atoms with Crippen LogP contribution < -0.4 is 4.72 Å². The molecule has 0 saturated carbocycles. The standard InChI is InChI=1S/C16H16F3N5O3S2/c1-4-9(2)28-15-12(7-20)14(16(17,18)19)22-24(15)13-6-5-11(8-21-13)29(26,27)23-10(3)25/h5-6,8-9H,4H2,1-3H3,(H,23,25). The number of nitriles is 1. The first-order chi connectivity index (χ1) is 13.4. The van der Waals surface area contributed by atoms with Crippen LogP contribution in [0.5, 0.6) is 0 Å². The van der Waals surface area contributed by atoms with E-state index in [1.54, 1.807) is 17.7 Å². The second-order valence-electron chi connectivity index (χ2n) is 5.90. The first-order valence-corrected chi connectivity index (χ1v) is 10.5. The number of rotatable bonds is 6. The van der Waals surface area contributed by atoms with Crippen LogP contribution in [0.3, 0.4) is 0 Å². The van der Waals surface area contributed by atoms with Crippen molar-refractivity contribution in [1.29, 1.82) is 5.26 Å². The van der Waals surface area contributed by atoms with Gasteiger partial charge in [-0.05, 0) is 18.6 Å². The van der Waals surface area contributed by atoms with E-state index in [0.717, 1.165) is 41.7 Å². The Morgan fingerprint density at radius 1 is 1.41 bits per heavy atom. The molecule has 0 aliphatic heterocycles. The zero-order valence-electron chi connectivity index (χ0n) is 15.5. The van der Waals surface area contributed by atoms with E-state index < -0.39 is 33.4 Å². The summed E-state index contributed by atoms with van der Waals surface area (Å²) in [5, 5.41) is 12.6. The minimum atomic E-state index is -4.85. The summed E-state index contributed by atoms with van der Waals surface area (Å²) >= 11 is 1.03. The Hall–Kier alpha value is -2.59. The normalized spacial score (nSPS) is 13.0. The molecule has 0 aromatic carbocycles. The maximum Gasteiger partial charge on any atom is 0.436 e. The number of pyridine rings is 1. The van der Waals surface area contributed by atoms with Crippen LogP contribution in [0.4, 0.5) is 13.2 Å². The van der Waals surface area contributed by atoms with E-state index in [2.05, 4.69) is 10.1 Å². The third kappa shape index (κ3) is 5.07. The summed E-state index contributed by atoms with van der Waals surface area (Å²) in [6.45, 7) is 4.64. The first kappa shape index (κ1) is 22.7. The lowest BCUT2D eigenvalue weighted by molar-refractivity contribution is -0.141. The zero-order valence-corrected chi connectivity index (χ0v) is 17.1. The molecule has 0 saturated heterocycles. The molecule has 0 aliphatic carbocycles. The van der Waals surface area contributed by atoms with Crippen molar-refractivity contribution in [3.05, 3.63) is 29.6 Å². The molecule has 2 rings (SSSR count). The van der Waals surface area contributed by atoms with Crippen LogP contribution in [0.2, 0.25) is 0 Å². The van der Waals surface area contributed by atoms with Crippen LogP contribution in [0.1, 0.15) is 38.4 Å². The molecule has 29 heavy (non-hydrogen) atoms. The van der Waals surface area contributed by atoms with Gasteiger partial charge in [0, 0.05) is 18.4 Å². The number of nitrogens with zero attached hydrogens (tertiary/aromatic N) is 4. The molecule has 2 heterocycles. The van der Waals surface area contributed by atoms with Crippen LogP contribution in [-0.2, 0) is 21.0 Å². The van der Waals surface area contributed by atoms with Crippen molar-refractivity contribution in [2.45, 2.75) is 48.5 Å². The molecule has 0 fully saturated rings. The van der Waals surface area contributed by atoms with E-state index in [1.807, 2.05) is 6.92 Å². The van der Waals surface area contributed by atoms with Crippen LogP contribution in [0.25, 0.3) is 5.82 Å². The van der Waals surface area contributed by atoms with Gasteiger partial charge in [-0.1, -0.05) is 13.8 Å². The Bertz CT molecular complexity index is 1060. The van der Waals surface area contributed by atoms with Crippen molar-refractivity contribution < 1.29 is 26.4 Å². The molecular formula is C16H16F3N5O3S2. The molecule has 13 heteroatoms. The molecule has 0 aliphatic rings. The average Bonchev–Trinajstić information content (AvgIpc) is 2.99. The van der Waals surface area contributed by atoms with Crippen molar-refractivity contribution in [2.75, 3.05) is 0 Å². The lowest BCUT2D eigenvalue weighted by Gasteiger charge is -2.11. The van der Waals surface area contributed by atoms with Crippen molar-refractivity contribution >= 4 is 27.7 Å². The third-order valence-corrected chi connectivity index (χ3v) is 6.39. The first-order valence-electron chi connectivity index (χ1n) is 8.17. The van der Waals surface area contributed by atoms with Crippen molar-refractivity contribution in [2.24, 2.45) is 0 Å². The topological polar surface area (TPSA) is 118 Å². The van der Waals surface area contributed by atoms with Crippen LogP contribution >= 0.6 is 11.8 Å². The minimum absolute atomic E-state index is 0.0425. The van der Waals surface area contributed by atoms with E-state index in [1.165, 1.54) is 0 Å². The fourth-order valence-corrected chi connectivity index (χ4v) is 4.12. The number of alkyl halides is 3. The average molecular weight is 447 g/mol. The summed E-state index contributed by atoms with van der Waals surface area (Å²) in [6.07, 6.45) is -3.33. The van der Waals surface area contributed by atoms with Gasteiger partial charge in [-0.25, -0.2) is 22.8 Å². The Morgan fingerprint density at radius 2 is 2.07 bits per heavy atom. The molecule has 156 valence electrons. The fraction of sp³-hybridized carbons (Fsp3) is 0.375. The number of hydrogen-bond donors (Lipinski definition) is 1. The van der Waals surface area contributed by atoms with Crippen molar-refractivity contribution in [3.8, 4) is 11.9 Å². The number of thioether (sulfide) groups is 1. The highest BCUT2D eigenvalue weighted by atomic mass is 32.2. The van der Waals surface area contributed by atoms with E-state index >= 15 is 0 Å². The van der Waals surface area contributed by atoms with E-state index in [9.17, 15) is 31.6 Å². The number of hydrogen-bond acceptors (Lipinski definition) is 7. The molecule has 1 N–H and O–H groups in total. The summed E-state index contributed by atoms with van der Waals surface area (Å²) in [5.41, 5.74) is -1.97. The highest BCUT2D eigenvalue weighted by Gasteiger charge is 2.40. The summed E-state index contributed by atoms with van der Waals surface area (Å²) in [7, 11) is -4.15. The number of amides is 1. The van der Waals surface area contributed by atoms with Gasteiger partial charge in [-0.2, -0.15) is 23.5 Å². The number of sulfonamides is 1. The molecule has 0 bridgehead atoms. The quantitative estimate of drug-likeness (QED) is 0.677. The monoisotopic (exact) mass is 447 g/mol. The van der Waals surface area contributed by atoms with Crippen LogP contribution in [-0.4, -0.2) is 34.3 Å². The minimum Gasteiger partial charge on any atom is -0.274 e. The van der Waals surface area contributed by atoms with Gasteiger partial charge in [-0.15, -0.1) is 11.8 Å². The summed E-state index contributed by atoms with van der Waals surface area (Å²) in [4.78, 5) is 14.5. The Balaban J connectivity index is 2.60. The largest absolute Gasteiger partial charge is 0.436 e. The summed E-state index contributed by atoms with van der Waals surface area (Å²) in [5.74, 6) is -0.911. The highest BCUT2D eigenvalue weighted by molar-refractivity contribution is 7.99. The number of aromatic nitrogens is 3. The van der Waals surface area contributed by atoms with Crippen molar-refractivity contribution in [3.63, 3.8) is 0 Å². The van der Waals surface area contributed by atoms with E-state index in [0.29, 0.717) is 6.42 Å². The molecular weight excluding hydrogens is 431 g/mol. The Kier molecular flexibility index (Phi) is 6.59. The van der Waals surface area contributed by atoms with Gasteiger partial charge in [0.15, 0.2) is 11.5 Å². The van der Waals surface area contributed by atoms with Gasteiger partial charge >= 0.3 is 6.18 Å². The molecule has 8 nitrogen and oxygen atoms in total. The lowest BCUT2D eigenvalue weighted by Crippen LogP contribution is -2.28. The third-order valence-electron chi connectivity index (χ3n) is 3.64. The molecule has 2 aromatic rings.